The first kappa shape index (κ1) is 24.0. The van der Waals surface area contributed by atoms with E-state index in [0.717, 1.165) is 35.7 Å². The van der Waals surface area contributed by atoms with E-state index < -0.39 is 0 Å². The minimum absolute atomic E-state index is 0.0187. The minimum Gasteiger partial charge on any atom is -0.494 e. The Morgan fingerprint density at radius 2 is 1.82 bits per heavy atom. The fourth-order valence-corrected chi connectivity index (χ4v) is 2.33. The predicted octanol–water partition coefficient (Wildman–Crippen LogP) is 6.23. The molecule has 1 aromatic heterocycles. The second-order valence-electron chi connectivity index (χ2n) is 9.25. The van der Waals surface area contributed by atoms with Gasteiger partial charge < -0.3 is 14.8 Å². The molecular formula is C24H38N2O2. The zero-order valence-corrected chi connectivity index (χ0v) is 18.8. The summed E-state index contributed by atoms with van der Waals surface area (Å²) in [5.41, 5.74) is 3.24. The third-order valence-electron chi connectivity index (χ3n) is 3.62. The van der Waals surface area contributed by atoms with E-state index in [4.69, 9.17) is 9.47 Å². The molecule has 0 spiro atoms. The van der Waals surface area contributed by atoms with Crippen LogP contribution >= 0.6 is 0 Å². The van der Waals surface area contributed by atoms with Gasteiger partial charge in [-0.1, -0.05) is 33.4 Å². The summed E-state index contributed by atoms with van der Waals surface area (Å²) in [5, 5.41) is 3.42. The van der Waals surface area contributed by atoms with Crippen LogP contribution in [0, 0.1) is 5.41 Å². The van der Waals surface area contributed by atoms with Gasteiger partial charge in [-0.05, 0) is 63.0 Å². The van der Waals surface area contributed by atoms with Gasteiger partial charge in [0.1, 0.15) is 5.76 Å². The van der Waals surface area contributed by atoms with Crippen molar-refractivity contribution in [2.24, 2.45) is 5.41 Å². The van der Waals surface area contributed by atoms with Gasteiger partial charge in [-0.3, -0.25) is 4.98 Å². The number of anilines is 1. The summed E-state index contributed by atoms with van der Waals surface area (Å²) in [6.07, 6.45) is 8.38. The van der Waals surface area contributed by atoms with Crippen molar-refractivity contribution in [1.82, 2.24) is 4.98 Å². The van der Waals surface area contributed by atoms with E-state index in [9.17, 15) is 0 Å². The van der Waals surface area contributed by atoms with E-state index in [-0.39, 0.29) is 11.0 Å². The lowest BCUT2D eigenvalue weighted by Crippen LogP contribution is -2.26. The Morgan fingerprint density at radius 3 is 2.36 bits per heavy atom. The van der Waals surface area contributed by atoms with E-state index >= 15 is 0 Å². The van der Waals surface area contributed by atoms with Crippen LogP contribution in [0.4, 0.5) is 5.69 Å². The maximum absolute atomic E-state index is 5.77. The third kappa shape index (κ3) is 10.9. The van der Waals surface area contributed by atoms with E-state index in [0.29, 0.717) is 13.2 Å². The molecule has 4 nitrogen and oxygen atoms in total. The molecule has 156 valence electrons. The molecule has 1 rings (SSSR count). The number of rotatable bonds is 10. The van der Waals surface area contributed by atoms with Crippen LogP contribution in [0.1, 0.15) is 60.6 Å². The summed E-state index contributed by atoms with van der Waals surface area (Å²) in [6.45, 7) is 20.8. The number of hydrogen-bond donors (Lipinski definition) is 1. The van der Waals surface area contributed by atoms with Gasteiger partial charge in [-0.15, -0.1) is 0 Å². The highest BCUT2D eigenvalue weighted by atomic mass is 16.5. The molecule has 0 fully saturated rings. The fourth-order valence-electron chi connectivity index (χ4n) is 2.33. The third-order valence-corrected chi connectivity index (χ3v) is 3.62. The van der Waals surface area contributed by atoms with Crippen LogP contribution in [-0.4, -0.2) is 30.3 Å². The standard InChI is InChI=1S/C24H38N2O2/c1-9-21(28-16-10-15-27-18-23(3,4)5)13-11-19(2)22-14-12-20(17-25-22)26-24(6,7)8/h9,11-14,17,26H,1,10,15-16,18H2,2-8H3/b19-11+,21-13+. The molecule has 1 aromatic rings. The Balaban J connectivity index is 2.52. The second kappa shape index (κ2) is 11.1. The zero-order valence-electron chi connectivity index (χ0n) is 18.8. The van der Waals surface area contributed by atoms with Crippen molar-refractivity contribution >= 4 is 11.3 Å². The molecule has 0 radical (unpaired) electrons. The van der Waals surface area contributed by atoms with E-state index in [1.807, 2.05) is 31.3 Å². The van der Waals surface area contributed by atoms with E-state index in [1.54, 1.807) is 6.08 Å². The minimum atomic E-state index is 0.0187. The molecule has 0 aromatic carbocycles. The SMILES string of the molecule is C=C/C(=C\C=C(/C)c1ccc(NC(C)(C)C)cn1)OCCCOCC(C)(C)C. The summed E-state index contributed by atoms with van der Waals surface area (Å²) in [5.74, 6) is 0.751. The van der Waals surface area contributed by atoms with Crippen molar-refractivity contribution < 1.29 is 9.47 Å². The van der Waals surface area contributed by atoms with Crippen molar-refractivity contribution in [3.05, 3.63) is 54.6 Å². The molecule has 0 unspecified atom stereocenters. The van der Waals surface area contributed by atoms with Gasteiger partial charge in [0.2, 0.25) is 0 Å². The Hall–Kier alpha value is -2.07. The van der Waals surface area contributed by atoms with E-state index in [1.165, 1.54) is 0 Å². The molecule has 0 amide bonds. The molecular weight excluding hydrogens is 348 g/mol. The van der Waals surface area contributed by atoms with Crippen molar-refractivity contribution in [1.29, 1.82) is 0 Å². The molecule has 1 N–H and O–H groups in total. The van der Waals surface area contributed by atoms with Gasteiger partial charge >= 0.3 is 0 Å². The molecule has 0 bridgehead atoms. The molecule has 0 saturated heterocycles. The summed E-state index contributed by atoms with van der Waals surface area (Å²) in [4.78, 5) is 4.54. The lowest BCUT2D eigenvalue weighted by Gasteiger charge is -2.21. The van der Waals surface area contributed by atoms with Crippen LogP contribution in [0.3, 0.4) is 0 Å². The molecule has 0 aliphatic heterocycles. The topological polar surface area (TPSA) is 43.4 Å². The Labute approximate surface area is 171 Å². The van der Waals surface area contributed by atoms with Crippen LogP contribution in [0.5, 0.6) is 0 Å². The lowest BCUT2D eigenvalue weighted by atomic mass is 9.99. The largest absolute Gasteiger partial charge is 0.494 e. The molecule has 0 saturated carbocycles. The molecule has 1 heterocycles. The predicted molar refractivity (Wildman–Crippen MR) is 120 cm³/mol. The number of hydrogen-bond acceptors (Lipinski definition) is 4. The van der Waals surface area contributed by atoms with Crippen LogP contribution in [-0.2, 0) is 9.47 Å². The van der Waals surface area contributed by atoms with Crippen molar-refractivity contribution in [2.45, 2.75) is 60.4 Å². The van der Waals surface area contributed by atoms with Crippen molar-refractivity contribution in [3.63, 3.8) is 0 Å². The fraction of sp³-hybridized carbons (Fsp3) is 0.542. The monoisotopic (exact) mass is 386 g/mol. The maximum Gasteiger partial charge on any atom is 0.118 e. The average Bonchev–Trinajstić information content (AvgIpc) is 2.58. The summed E-state index contributed by atoms with van der Waals surface area (Å²) < 4.78 is 11.4. The summed E-state index contributed by atoms with van der Waals surface area (Å²) in [7, 11) is 0. The zero-order chi connectivity index (χ0) is 21.2. The Bertz CT molecular complexity index is 659. The number of pyridine rings is 1. The first-order valence-corrected chi connectivity index (χ1v) is 9.96. The van der Waals surface area contributed by atoms with Crippen molar-refractivity contribution in [3.8, 4) is 0 Å². The highest BCUT2D eigenvalue weighted by Crippen LogP contribution is 2.18. The highest BCUT2D eigenvalue weighted by molar-refractivity contribution is 5.63. The van der Waals surface area contributed by atoms with Crippen LogP contribution in [0.25, 0.3) is 5.57 Å². The lowest BCUT2D eigenvalue weighted by molar-refractivity contribution is 0.0587. The van der Waals surface area contributed by atoms with Crippen LogP contribution in [0.15, 0.2) is 48.9 Å². The molecule has 0 aliphatic carbocycles. The first-order chi connectivity index (χ1) is 13.0. The van der Waals surface area contributed by atoms with Crippen molar-refractivity contribution in [2.75, 3.05) is 25.1 Å². The van der Waals surface area contributed by atoms with Gasteiger partial charge in [0.15, 0.2) is 0 Å². The van der Waals surface area contributed by atoms with Crippen LogP contribution in [0.2, 0.25) is 0 Å². The normalized spacial score (nSPS) is 13.4. The second-order valence-corrected chi connectivity index (χ2v) is 9.25. The first-order valence-electron chi connectivity index (χ1n) is 9.96. The van der Waals surface area contributed by atoms with E-state index in [2.05, 4.69) is 64.5 Å². The van der Waals surface area contributed by atoms with Gasteiger partial charge in [0, 0.05) is 18.6 Å². The smallest absolute Gasteiger partial charge is 0.118 e. The Kier molecular flexibility index (Phi) is 9.47. The number of nitrogens with one attached hydrogen (secondary N) is 1. The maximum atomic E-state index is 5.77. The summed E-state index contributed by atoms with van der Waals surface area (Å²) >= 11 is 0. The Morgan fingerprint density at radius 1 is 1.11 bits per heavy atom. The highest BCUT2D eigenvalue weighted by Gasteiger charge is 2.10. The molecule has 0 atom stereocenters. The molecule has 4 heteroatoms. The molecule has 0 aliphatic rings. The number of allylic oxidation sites excluding steroid dienone is 4. The van der Waals surface area contributed by atoms with Gasteiger partial charge in [0.05, 0.1) is 30.8 Å². The number of aromatic nitrogens is 1. The number of nitrogens with zero attached hydrogens (tertiary/aromatic N) is 1. The number of ether oxygens (including phenoxy) is 2. The quantitative estimate of drug-likeness (QED) is 0.294. The van der Waals surface area contributed by atoms with Gasteiger partial charge in [-0.25, -0.2) is 0 Å². The average molecular weight is 387 g/mol. The van der Waals surface area contributed by atoms with Crippen LogP contribution < -0.4 is 5.32 Å². The van der Waals surface area contributed by atoms with Gasteiger partial charge in [-0.2, -0.15) is 0 Å². The van der Waals surface area contributed by atoms with Gasteiger partial charge in [0.25, 0.3) is 0 Å². The summed E-state index contributed by atoms with van der Waals surface area (Å²) in [6, 6.07) is 4.08. The molecule has 28 heavy (non-hydrogen) atoms.